The smallest absolute Gasteiger partial charge is 0.302 e. The molecule has 1 N–H and O–H groups in total. The molecule has 0 bridgehead atoms. The monoisotopic (exact) mass is 562 g/mol. The summed E-state index contributed by atoms with van der Waals surface area (Å²) >= 11 is 0. The minimum Gasteiger partial charge on any atom is -0.493 e. The molecular formula is C27H38N4O7S. The van der Waals surface area contributed by atoms with Crippen molar-refractivity contribution in [2.75, 3.05) is 40.0 Å². The van der Waals surface area contributed by atoms with Crippen LogP contribution in [0.1, 0.15) is 45.7 Å². The summed E-state index contributed by atoms with van der Waals surface area (Å²) in [6.45, 7) is 6.19. The van der Waals surface area contributed by atoms with Crippen LogP contribution in [-0.4, -0.2) is 73.5 Å². The van der Waals surface area contributed by atoms with Crippen molar-refractivity contribution in [1.29, 1.82) is 0 Å². The van der Waals surface area contributed by atoms with Gasteiger partial charge >= 0.3 is 5.97 Å². The largest absolute Gasteiger partial charge is 0.493 e. The molecule has 0 unspecified atom stereocenters. The summed E-state index contributed by atoms with van der Waals surface area (Å²) in [5.41, 5.74) is 1.82. The van der Waals surface area contributed by atoms with Gasteiger partial charge in [0.05, 0.1) is 22.9 Å². The van der Waals surface area contributed by atoms with Gasteiger partial charge in [0.15, 0.2) is 0 Å². The maximum absolute atomic E-state index is 13.8. The number of aromatic amines is 1. The number of hydrogen-bond donors (Lipinski definition) is 1. The second kappa shape index (κ2) is 13.7. The lowest BCUT2D eigenvalue weighted by atomic mass is 10.1. The summed E-state index contributed by atoms with van der Waals surface area (Å²) in [4.78, 5) is 27.3. The third-order valence-corrected chi connectivity index (χ3v) is 8.04. The average Bonchev–Trinajstić information content (AvgIpc) is 3.21. The third kappa shape index (κ3) is 7.25. The summed E-state index contributed by atoms with van der Waals surface area (Å²) in [7, 11) is -0.714. The number of H-pyrrole nitrogens is 1. The van der Waals surface area contributed by atoms with Crippen LogP contribution in [0.2, 0.25) is 0 Å². The van der Waals surface area contributed by atoms with Crippen LogP contribution in [0.3, 0.4) is 0 Å². The highest BCUT2D eigenvalue weighted by Crippen LogP contribution is 2.34. The van der Waals surface area contributed by atoms with Crippen molar-refractivity contribution in [2.45, 2.75) is 51.3 Å². The molecule has 214 valence electrons. The lowest BCUT2D eigenvalue weighted by Gasteiger charge is -2.23. The number of aryl methyl sites for hydroxylation is 2. The molecule has 2 heterocycles. The van der Waals surface area contributed by atoms with E-state index in [1.54, 1.807) is 24.9 Å². The van der Waals surface area contributed by atoms with Gasteiger partial charge in [0.2, 0.25) is 10.0 Å². The molecule has 3 aromatic rings. The van der Waals surface area contributed by atoms with Crippen LogP contribution >= 0.6 is 0 Å². The summed E-state index contributed by atoms with van der Waals surface area (Å²) in [5.74, 6) is -0.0290. The number of carbonyl (C=O) groups is 1. The third-order valence-electron chi connectivity index (χ3n) is 6.14. The Kier molecular flexibility index (Phi) is 10.7. The van der Waals surface area contributed by atoms with Gasteiger partial charge < -0.3 is 19.2 Å². The number of nitrogens with one attached hydrogen (secondary N) is 1. The second-order valence-electron chi connectivity index (χ2n) is 9.19. The highest BCUT2D eigenvalue weighted by atomic mass is 32.2. The van der Waals surface area contributed by atoms with E-state index in [4.69, 9.17) is 14.2 Å². The minimum absolute atomic E-state index is 0.00605. The molecule has 11 nitrogen and oxygen atoms in total. The summed E-state index contributed by atoms with van der Waals surface area (Å²) in [6, 6.07) is 6.44. The van der Waals surface area contributed by atoms with Crippen LogP contribution in [-0.2, 0) is 37.8 Å². The number of pyridine rings is 1. The SMILES string of the molecule is CCCOc1ccc(S(=O)(=O)N(CCCOC)CCOC(C)=O)cc1-c1cc2c(CCC)nn(C)c2c(=O)[nH]1. The van der Waals surface area contributed by atoms with Crippen molar-refractivity contribution < 1.29 is 27.4 Å². The van der Waals surface area contributed by atoms with Gasteiger partial charge in [-0.05, 0) is 43.5 Å². The predicted octanol–water partition coefficient (Wildman–Crippen LogP) is 3.26. The molecule has 0 atom stereocenters. The van der Waals surface area contributed by atoms with Crippen LogP contribution in [0.5, 0.6) is 5.75 Å². The van der Waals surface area contributed by atoms with Crippen molar-refractivity contribution in [2.24, 2.45) is 7.05 Å². The number of esters is 1. The lowest BCUT2D eigenvalue weighted by Crippen LogP contribution is -2.35. The predicted molar refractivity (Wildman–Crippen MR) is 148 cm³/mol. The fourth-order valence-electron chi connectivity index (χ4n) is 4.34. The number of rotatable bonds is 15. The number of fused-ring (bicyclic) bond motifs is 1. The molecule has 39 heavy (non-hydrogen) atoms. The van der Waals surface area contributed by atoms with Crippen LogP contribution in [0, 0.1) is 0 Å². The fraction of sp³-hybridized carbons (Fsp3) is 0.519. The maximum atomic E-state index is 13.8. The number of methoxy groups -OCH3 is 1. The van der Waals surface area contributed by atoms with Crippen molar-refractivity contribution in [3.63, 3.8) is 0 Å². The quantitative estimate of drug-likeness (QED) is 0.220. The molecular weight excluding hydrogens is 524 g/mol. The first-order valence-electron chi connectivity index (χ1n) is 13.1. The Hall–Kier alpha value is -3.22. The van der Waals surface area contributed by atoms with E-state index in [2.05, 4.69) is 10.1 Å². The number of benzene rings is 1. The minimum atomic E-state index is -3.99. The van der Waals surface area contributed by atoms with E-state index in [9.17, 15) is 18.0 Å². The van der Waals surface area contributed by atoms with Gasteiger partial charge in [0.1, 0.15) is 17.9 Å². The van der Waals surface area contributed by atoms with Crippen LogP contribution < -0.4 is 10.3 Å². The Morgan fingerprint density at radius 1 is 1.10 bits per heavy atom. The van der Waals surface area contributed by atoms with Crippen LogP contribution in [0.4, 0.5) is 0 Å². The summed E-state index contributed by atoms with van der Waals surface area (Å²) in [5, 5.41) is 5.24. The van der Waals surface area contributed by atoms with Gasteiger partial charge in [-0.25, -0.2) is 8.42 Å². The van der Waals surface area contributed by atoms with E-state index >= 15 is 0 Å². The molecule has 1 aromatic carbocycles. The van der Waals surface area contributed by atoms with Crippen molar-refractivity contribution in [3.8, 4) is 17.0 Å². The summed E-state index contributed by atoms with van der Waals surface area (Å²) < 4.78 is 46.4. The highest BCUT2D eigenvalue weighted by molar-refractivity contribution is 7.89. The fourth-order valence-corrected chi connectivity index (χ4v) is 5.83. The standard InChI is InChI=1S/C27H38N4O7S/c1-6-9-23-22-18-24(28-27(33)26(22)30(4)29-23)21-17-20(10-11-25(21)38-14-7-2)39(34,35)31(12-8-15-36-5)13-16-37-19(3)32/h10-11,17-18H,6-9,12-16H2,1-5H3,(H,28,33). The molecule has 2 aromatic heterocycles. The lowest BCUT2D eigenvalue weighted by molar-refractivity contribution is -0.141. The molecule has 0 aliphatic rings. The van der Waals surface area contributed by atoms with Gasteiger partial charge in [-0.15, -0.1) is 0 Å². The first-order valence-corrected chi connectivity index (χ1v) is 14.6. The molecule has 0 fully saturated rings. The Morgan fingerprint density at radius 3 is 2.54 bits per heavy atom. The van der Waals surface area contributed by atoms with Crippen molar-refractivity contribution in [1.82, 2.24) is 19.1 Å². The number of nitrogens with zero attached hydrogens (tertiary/aromatic N) is 3. The van der Waals surface area contributed by atoms with Gasteiger partial charge in [-0.3, -0.25) is 14.3 Å². The number of ether oxygens (including phenoxy) is 3. The Labute approximate surface area is 229 Å². The highest BCUT2D eigenvalue weighted by Gasteiger charge is 2.26. The molecule has 3 rings (SSSR count). The van der Waals surface area contributed by atoms with E-state index in [-0.39, 0.29) is 30.2 Å². The Bertz CT molecular complexity index is 1450. The van der Waals surface area contributed by atoms with Crippen molar-refractivity contribution >= 4 is 26.9 Å². The van der Waals surface area contributed by atoms with Gasteiger partial charge in [-0.2, -0.15) is 9.40 Å². The van der Waals surface area contributed by atoms with Crippen LogP contribution in [0.25, 0.3) is 22.2 Å². The number of hydrogen-bond acceptors (Lipinski definition) is 8. The molecule has 0 radical (unpaired) electrons. The zero-order valence-corrected chi connectivity index (χ0v) is 24.1. The molecule has 0 saturated heterocycles. The average molecular weight is 563 g/mol. The number of carbonyl (C=O) groups excluding carboxylic acids is 1. The molecule has 0 aliphatic carbocycles. The molecule has 0 spiro atoms. The van der Waals surface area contributed by atoms with E-state index in [0.717, 1.165) is 23.9 Å². The topological polar surface area (TPSA) is 133 Å². The normalized spacial score (nSPS) is 11.8. The van der Waals surface area contributed by atoms with E-state index < -0.39 is 16.0 Å². The van der Waals surface area contributed by atoms with E-state index in [1.807, 2.05) is 19.9 Å². The van der Waals surface area contributed by atoms with E-state index in [0.29, 0.717) is 48.6 Å². The first-order chi connectivity index (χ1) is 18.6. The maximum Gasteiger partial charge on any atom is 0.302 e. The zero-order chi connectivity index (χ0) is 28.6. The van der Waals surface area contributed by atoms with Gasteiger partial charge in [0, 0.05) is 51.7 Å². The summed E-state index contributed by atoms with van der Waals surface area (Å²) in [6.07, 6.45) is 2.78. The van der Waals surface area contributed by atoms with Gasteiger partial charge in [-0.1, -0.05) is 20.3 Å². The van der Waals surface area contributed by atoms with E-state index in [1.165, 1.54) is 23.4 Å². The molecule has 0 amide bonds. The second-order valence-corrected chi connectivity index (χ2v) is 11.1. The van der Waals surface area contributed by atoms with Crippen LogP contribution in [0.15, 0.2) is 34.0 Å². The van der Waals surface area contributed by atoms with Crippen molar-refractivity contribution in [3.05, 3.63) is 40.3 Å². The molecule has 0 aliphatic heterocycles. The number of aromatic nitrogens is 3. The Balaban J connectivity index is 2.12. The Morgan fingerprint density at radius 2 is 1.87 bits per heavy atom. The molecule has 12 heteroatoms. The molecule has 0 saturated carbocycles. The zero-order valence-electron chi connectivity index (χ0n) is 23.3. The first kappa shape index (κ1) is 30.3. The van der Waals surface area contributed by atoms with Gasteiger partial charge in [0.25, 0.3) is 5.56 Å². The number of sulfonamides is 1.